The summed E-state index contributed by atoms with van der Waals surface area (Å²) in [5.74, 6) is 0.150. The number of imidazole rings is 1. The summed E-state index contributed by atoms with van der Waals surface area (Å²) in [5, 5.41) is 9.03. The second-order valence-electron chi connectivity index (χ2n) is 4.53. The maximum Gasteiger partial charge on any atom is 0.356 e. The summed E-state index contributed by atoms with van der Waals surface area (Å²) in [6, 6.07) is 7.42. The number of carbonyl (C=O) groups is 1. The van der Waals surface area contributed by atoms with Crippen LogP contribution in [0.2, 0.25) is 0 Å². The number of aryl methyl sites for hydroxylation is 1. The Morgan fingerprint density at radius 1 is 1.37 bits per heavy atom. The molecule has 0 radical (unpaired) electrons. The van der Waals surface area contributed by atoms with Crippen molar-refractivity contribution in [3.63, 3.8) is 0 Å². The van der Waals surface area contributed by atoms with Crippen LogP contribution in [0.5, 0.6) is 5.75 Å². The van der Waals surface area contributed by atoms with Crippen molar-refractivity contribution in [2.45, 2.75) is 26.9 Å². The number of aromatic carboxylic acids is 1. The number of rotatable bonds is 4. The normalized spacial score (nSPS) is 10.7. The smallest absolute Gasteiger partial charge is 0.356 e. The number of hydrogen-bond donors (Lipinski definition) is 2. The van der Waals surface area contributed by atoms with Gasteiger partial charge in [-0.25, -0.2) is 9.78 Å². The minimum Gasteiger partial charge on any atom is -0.490 e. The van der Waals surface area contributed by atoms with E-state index in [1.807, 2.05) is 38.1 Å². The van der Waals surface area contributed by atoms with Gasteiger partial charge >= 0.3 is 5.97 Å². The zero-order chi connectivity index (χ0) is 14.0. The summed E-state index contributed by atoms with van der Waals surface area (Å²) >= 11 is 0. The van der Waals surface area contributed by atoms with E-state index in [-0.39, 0.29) is 11.8 Å². The first-order valence-corrected chi connectivity index (χ1v) is 6.05. The van der Waals surface area contributed by atoms with Gasteiger partial charge in [0.25, 0.3) is 0 Å². The molecule has 0 bridgehead atoms. The SMILES string of the molecule is Cc1[nH]c(-c2ccccc2OC(C)C)nc1C(=O)O. The molecule has 1 aromatic carbocycles. The second-order valence-corrected chi connectivity index (χ2v) is 4.53. The van der Waals surface area contributed by atoms with Gasteiger partial charge in [-0.1, -0.05) is 12.1 Å². The van der Waals surface area contributed by atoms with Gasteiger partial charge in [0.2, 0.25) is 0 Å². The molecule has 5 nitrogen and oxygen atoms in total. The van der Waals surface area contributed by atoms with E-state index < -0.39 is 5.97 Å². The van der Waals surface area contributed by atoms with Crippen LogP contribution in [-0.2, 0) is 0 Å². The average molecular weight is 260 g/mol. The number of hydrogen-bond acceptors (Lipinski definition) is 3. The topological polar surface area (TPSA) is 75.2 Å². The number of nitrogens with zero attached hydrogens (tertiary/aromatic N) is 1. The highest BCUT2D eigenvalue weighted by atomic mass is 16.5. The quantitative estimate of drug-likeness (QED) is 0.886. The first-order chi connectivity index (χ1) is 8.99. The third-order valence-electron chi connectivity index (χ3n) is 2.59. The minimum atomic E-state index is -1.04. The van der Waals surface area contributed by atoms with Crippen LogP contribution in [0, 0.1) is 6.92 Å². The highest BCUT2D eigenvalue weighted by molar-refractivity contribution is 5.87. The highest BCUT2D eigenvalue weighted by Gasteiger charge is 2.16. The number of carboxylic acid groups (broad SMARTS) is 1. The molecule has 1 aromatic heterocycles. The monoisotopic (exact) mass is 260 g/mol. The number of para-hydroxylation sites is 1. The molecule has 0 fully saturated rings. The lowest BCUT2D eigenvalue weighted by atomic mass is 10.2. The third kappa shape index (κ3) is 2.76. The number of H-pyrrole nitrogens is 1. The third-order valence-corrected chi connectivity index (χ3v) is 2.59. The Morgan fingerprint density at radius 2 is 2.05 bits per heavy atom. The Labute approximate surface area is 111 Å². The van der Waals surface area contributed by atoms with Crippen molar-refractivity contribution >= 4 is 5.97 Å². The number of aromatic amines is 1. The van der Waals surface area contributed by atoms with E-state index in [0.717, 1.165) is 5.56 Å². The van der Waals surface area contributed by atoms with E-state index in [1.165, 1.54) is 0 Å². The molecule has 0 aliphatic carbocycles. The summed E-state index contributed by atoms with van der Waals surface area (Å²) in [7, 11) is 0. The Morgan fingerprint density at radius 3 is 2.63 bits per heavy atom. The molecule has 5 heteroatoms. The van der Waals surface area contributed by atoms with E-state index in [2.05, 4.69) is 9.97 Å². The first kappa shape index (κ1) is 13.1. The van der Waals surface area contributed by atoms with E-state index in [4.69, 9.17) is 9.84 Å². The standard InChI is InChI=1S/C14H16N2O3/c1-8(2)19-11-7-5-4-6-10(11)13-15-9(3)12(16-13)14(17)18/h4-8H,1-3H3,(H,15,16)(H,17,18). The van der Waals surface area contributed by atoms with Crippen molar-refractivity contribution in [1.82, 2.24) is 9.97 Å². The lowest BCUT2D eigenvalue weighted by Gasteiger charge is -2.12. The minimum absolute atomic E-state index is 0.0364. The van der Waals surface area contributed by atoms with Crippen LogP contribution in [0.25, 0.3) is 11.4 Å². The maximum atomic E-state index is 11.0. The molecule has 0 spiro atoms. The zero-order valence-corrected chi connectivity index (χ0v) is 11.1. The largest absolute Gasteiger partial charge is 0.490 e. The van der Waals surface area contributed by atoms with Crippen LogP contribution in [0.15, 0.2) is 24.3 Å². The van der Waals surface area contributed by atoms with Crippen LogP contribution >= 0.6 is 0 Å². The van der Waals surface area contributed by atoms with Gasteiger partial charge in [0.1, 0.15) is 11.6 Å². The van der Waals surface area contributed by atoms with Crippen molar-refractivity contribution in [1.29, 1.82) is 0 Å². The van der Waals surface area contributed by atoms with Crippen molar-refractivity contribution in [3.8, 4) is 17.1 Å². The summed E-state index contributed by atoms with van der Waals surface area (Å²) in [5.41, 5.74) is 1.32. The molecule has 0 aliphatic heterocycles. The highest BCUT2D eigenvalue weighted by Crippen LogP contribution is 2.29. The van der Waals surface area contributed by atoms with Crippen molar-refractivity contribution in [3.05, 3.63) is 35.7 Å². The molecular formula is C14H16N2O3. The van der Waals surface area contributed by atoms with Gasteiger partial charge in [0, 0.05) is 5.69 Å². The fraction of sp³-hybridized carbons (Fsp3) is 0.286. The fourth-order valence-corrected chi connectivity index (χ4v) is 1.82. The molecule has 0 unspecified atom stereocenters. The summed E-state index contributed by atoms with van der Waals surface area (Å²) in [6.45, 7) is 5.56. The molecule has 0 atom stereocenters. The van der Waals surface area contributed by atoms with E-state index >= 15 is 0 Å². The van der Waals surface area contributed by atoms with Gasteiger partial charge < -0.3 is 14.8 Å². The molecule has 2 N–H and O–H groups in total. The van der Waals surface area contributed by atoms with Gasteiger partial charge in [-0.2, -0.15) is 0 Å². The van der Waals surface area contributed by atoms with E-state index in [9.17, 15) is 4.79 Å². The lowest BCUT2D eigenvalue weighted by molar-refractivity contribution is 0.0690. The molecule has 2 aromatic rings. The molecule has 1 heterocycles. The number of nitrogens with one attached hydrogen (secondary N) is 1. The van der Waals surface area contributed by atoms with Gasteiger partial charge in [-0.3, -0.25) is 0 Å². The average Bonchev–Trinajstić information content (AvgIpc) is 2.71. The van der Waals surface area contributed by atoms with Gasteiger partial charge in [0.15, 0.2) is 5.69 Å². The molecule has 0 amide bonds. The Kier molecular flexibility index (Phi) is 3.55. The van der Waals surface area contributed by atoms with Crippen LogP contribution in [0.1, 0.15) is 30.0 Å². The second kappa shape index (κ2) is 5.14. The summed E-state index contributed by atoms with van der Waals surface area (Å²) in [6.07, 6.45) is 0.0381. The summed E-state index contributed by atoms with van der Waals surface area (Å²) in [4.78, 5) is 18.1. The number of carboxylic acids is 1. The fourth-order valence-electron chi connectivity index (χ4n) is 1.82. The van der Waals surface area contributed by atoms with Gasteiger partial charge in [0.05, 0.1) is 11.7 Å². The van der Waals surface area contributed by atoms with Crippen molar-refractivity contribution < 1.29 is 14.6 Å². The van der Waals surface area contributed by atoms with Crippen molar-refractivity contribution in [2.24, 2.45) is 0 Å². The van der Waals surface area contributed by atoms with Gasteiger partial charge in [-0.05, 0) is 32.9 Å². The number of benzene rings is 1. The van der Waals surface area contributed by atoms with Gasteiger partial charge in [-0.15, -0.1) is 0 Å². The molecule has 19 heavy (non-hydrogen) atoms. The summed E-state index contributed by atoms with van der Waals surface area (Å²) < 4.78 is 5.70. The maximum absolute atomic E-state index is 11.0. The zero-order valence-electron chi connectivity index (χ0n) is 11.1. The van der Waals surface area contributed by atoms with E-state index in [1.54, 1.807) is 6.92 Å². The molecule has 2 rings (SSSR count). The van der Waals surface area contributed by atoms with Crippen LogP contribution in [0.3, 0.4) is 0 Å². The molecule has 0 aliphatic rings. The first-order valence-electron chi connectivity index (χ1n) is 6.05. The van der Waals surface area contributed by atoms with Crippen LogP contribution in [-0.4, -0.2) is 27.1 Å². The lowest BCUT2D eigenvalue weighted by Crippen LogP contribution is -2.06. The number of ether oxygens (including phenoxy) is 1. The Balaban J connectivity index is 2.47. The number of aromatic nitrogens is 2. The van der Waals surface area contributed by atoms with Crippen molar-refractivity contribution in [2.75, 3.05) is 0 Å². The predicted molar refractivity (Wildman–Crippen MR) is 71.5 cm³/mol. The molecule has 100 valence electrons. The molecule has 0 saturated heterocycles. The molecular weight excluding hydrogens is 244 g/mol. The predicted octanol–water partition coefficient (Wildman–Crippen LogP) is 2.87. The Hall–Kier alpha value is -2.30. The van der Waals surface area contributed by atoms with E-state index in [0.29, 0.717) is 17.3 Å². The van der Waals surface area contributed by atoms with Crippen LogP contribution < -0.4 is 4.74 Å². The van der Waals surface area contributed by atoms with Crippen LogP contribution in [0.4, 0.5) is 0 Å². The Bertz CT molecular complexity index is 602. The molecule has 0 saturated carbocycles.